The maximum Gasteiger partial charge on any atom is 0.0618 e. The predicted octanol–water partition coefficient (Wildman–Crippen LogP) is 3.32. The van der Waals surface area contributed by atoms with Crippen molar-refractivity contribution in [2.75, 3.05) is 20.3 Å². The minimum absolute atomic E-state index is 0.370. The third-order valence-corrected chi connectivity index (χ3v) is 2.95. The molecule has 2 heteroatoms. The van der Waals surface area contributed by atoms with Crippen molar-refractivity contribution in [1.29, 1.82) is 0 Å². The normalized spacial score (nSPS) is 14.8. The van der Waals surface area contributed by atoms with Gasteiger partial charge in [0.2, 0.25) is 0 Å². The van der Waals surface area contributed by atoms with Crippen LogP contribution in [-0.4, -0.2) is 26.3 Å². The van der Waals surface area contributed by atoms with Gasteiger partial charge in [-0.3, -0.25) is 0 Å². The van der Waals surface area contributed by atoms with Gasteiger partial charge in [0.05, 0.1) is 6.61 Å². The highest BCUT2D eigenvalue weighted by Gasteiger charge is 2.22. The maximum atomic E-state index is 5.25. The average molecular weight is 229 g/mol. The molecule has 0 amide bonds. The standard InChI is InChI=1S/C14H31NO/c1-11(2)8-14(5,6)10-15-13(9-16-7)12(3)4/h11-13,15H,8-10H2,1-7H3. The van der Waals surface area contributed by atoms with Crippen molar-refractivity contribution in [2.45, 2.75) is 54.0 Å². The summed E-state index contributed by atoms with van der Waals surface area (Å²) in [6.07, 6.45) is 1.26. The van der Waals surface area contributed by atoms with Crippen molar-refractivity contribution < 1.29 is 4.74 Å². The first kappa shape index (κ1) is 15.9. The molecule has 0 aromatic carbocycles. The molecule has 0 aromatic heterocycles. The van der Waals surface area contributed by atoms with Crippen LogP contribution in [0.5, 0.6) is 0 Å². The highest BCUT2D eigenvalue weighted by molar-refractivity contribution is 4.78. The minimum Gasteiger partial charge on any atom is -0.383 e. The highest BCUT2D eigenvalue weighted by Crippen LogP contribution is 2.24. The molecule has 0 bridgehead atoms. The lowest BCUT2D eigenvalue weighted by atomic mass is 9.83. The molecule has 1 atom stereocenters. The maximum absolute atomic E-state index is 5.25. The third-order valence-electron chi connectivity index (χ3n) is 2.95. The fourth-order valence-electron chi connectivity index (χ4n) is 2.25. The van der Waals surface area contributed by atoms with E-state index in [4.69, 9.17) is 4.74 Å². The quantitative estimate of drug-likeness (QED) is 0.689. The Labute approximate surface area is 102 Å². The van der Waals surface area contributed by atoms with E-state index in [2.05, 4.69) is 46.9 Å². The Balaban J connectivity index is 4.07. The Kier molecular flexibility index (Phi) is 7.25. The predicted molar refractivity (Wildman–Crippen MR) is 71.7 cm³/mol. The second-order valence-electron chi connectivity index (χ2n) is 6.45. The zero-order chi connectivity index (χ0) is 12.8. The van der Waals surface area contributed by atoms with E-state index in [0.717, 1.165) is 19.1 Å². The van der Waals surface area contributed by atoms with Gasteiger partial charge in [-0.2, -0.15) is 0 Å². The van der Waals surface area contributed by atoms with Crippen LogP contribution < -0.4 is 5.32 Å². The number of hydrogen-bond acceptors (Lipinski definition) is 2. The van der Waals surface area contributed by atoms with E-state index in [-0.39, 0.29) is 0 Å². The van der Waals surface area contributed by atoms with Crippen molar-refractivity contribution in [2.24, 2.45) is 17.3 Å². The van der Waals surface area contributed by atoms with Gasteiger partial charge in [-0.1, -0.05) is 41.5 Å². The molecular weight excluding hydrogens is 198 g/mol. The van der Waals surface area contributed by atoms with Crippen LogP contribution in [0, 0.1) is 17.3 Å². The van der Waals surface area contributed by atoms with E-state index < -0.39 is 0 Å². The fourth-order valence-corrected chi connectivity index (χ4v) is 2.25. The van der Waals surface area contributed by atoms with E-state index in [1.165, 1.54) is 6.42 Å². The van der Waals surface area contributed by atoms with Gasteiger partial charge in [0.15, 0.2) is 0 Å². The van der Waals surface area contributed by atoms with Gasteiger partial charge in [0.1, 0.15) is 0 Å². The smallest absolute Gasteiger partial charge is 0.0618 e. The molecule has 0 spiro atoms. The Hall–Kier alpha value is -0.0800. The lowest BCUT2D eigenvalue weighted by molar-refractivity contribution is 0.136. The number of methoxy groups -OCH3 is 1. The fraction of sp³-hybridized carbons (Fsp3) is 1.00. The summed E-state index contributed by atoms with van der Waals surface area (Å²) in [7, 11) is 1.77. The Morgan fingerprint density at radius 1 is 1.12 bits per heavy atom. The van der Waals surface area contributed by atoms with Crippen LogP contribution in [0.25, 0.3) is 0 Å². The molecule has 0 heterocycles. The summed E-state index contributed by atoms with van der Waals surface area (Å²) in [4.78, 5) is 0. The van der Waals surface area contributed by atoms with Gasteiger partial charge in [0, 0.05) is 19.7 Å². The molecule has 0 rings (SSSR count). The van der Waals surface area contributed by atoms with Gasteiger partial charge in [-0.15, -0.1) is 0 Å². The van der Waals surface area contributed by atoms with Crippen LogP contribution in [0.1, 0.15) is 48.0 Å². The van der Waals surface area contributed by atoms with E-state index in [1.54, 1.807) is 7.11 Å². The van der Waals surface area contributed by atoms with Gasteiger partial charge in [0.25, 0.3) is 0 Å². The second-order valence-corrected chi connectivity index (χ2v) is 6.45. The molecule has 98 valence electrons. The first-order chi connectivity index (χ1) is 7.28. The molecule has 16 heavy (non-hydrogen) atoms. The summed E-state index contributed by atoms with van der Waals surface area (Å²) in [5.74, 6) is 1.38. The van der Waals surface area contributed by atoms with Gasteiger partial charge in [-0.05, 0) is 23.7 Å². The Morgan fingerprint density at radius 2 is 1.69 bits per heavy atom. The molecule has 0 saturated heterocycles. The molecule has 1 N–H and O–H groups in total. The van der Waals surface area contributed by atoms with E-state index in [1.807, 2.05) is 0 Å². The topological polar surface area (TPSA) is 21.3 Å². The number of rotatable bonds is 8. The number of ether oxygens (including phenoxy) is 1. The van der Waals surface area contributed by atoms with Crippen molar-refractivity contribution >= 4 is 0 Å². The van der Waals surface area contributed by atoms with Crippen LogP contribution in [0.2, 0.25) is 0 Å². The first-order valence-electron chi connectivity index (χ1n) is 6.51. The lowest BCUT2D eigenvalue weighted by Crippen LogP contribution is -2.43. The molecule has 1 unspecified atom stereocenters. The van der Waals surface area contributed by atoms with E-state index in [0.29, 0.717) is 17.4 Å². The van der Waals surface area contributed by atoms with Crippen LogP contribution in [0.15, 0.2) is 0 Å². The molecule has 0 radical (unpaired) electrons. The zero-order valence-corrected chi connectivity index (χ0v) is 12.3. The lowest BCUT2D eigenvalue weighted by Gasteiger charge is -2.31. The van der Waals surface area contributed by atoms with Crippen LogP contribution in [-0.2, 0) is 4.74 Å². The largest absolute Gasteiger partial charge is 0.383 e. The monoisotopic (exact) mass is 229 g/mol. The van der Waals surface area contributed by atoms with Crippen molar-refractivity contribution in [1.82, 2.24) is 5.32 Å². The van der Waals surface area contributed by atoms with Crippen molar-refractivity contribution in [3.05, 3.63) is 0 Å². The van der Waals surface area contributed by atoms with Gasteiger partial charge < -0.3 is 10.1 Å². The summed E-state index contributed by atoms with van der Waals surface area (Å²) in [5.41, 5.74) is 0.370. The SMILES string of the molecule is COCC(NCC(C)(C)CC(C)C)C(C)C. The number of nitrogens with one attached hydrogen (secondary N) is 1. The summed E-state index contributed by atoms with van der Waals surface area (Å²) >= 11 is 0. The molecular formula is C14H31NO. The summed E-state index contributed by atoms with van der Waals surface area (Å²) in [6, 6.07) is 0.469. The molecule has 0 aliphatic carbocycles. The van der Waals surface area contributed by atoms with Gasteiger partial charge >= 0.3 is 0 Å². The van der Waals surface area contributed by atoms with Gasteiger partial charge in [-0.25, -0.2) is 0 Å². The number of hydrogen-bond donors (Lipinski definition) is 1. The highest BCUT2D eigenvalue weighted by atomic mass is 16.5. The zero-order valence-electron chi connectivity index (χ0n) is 12.3. The van der Waals surface area contributed by atoms with E-state index in [9.17, 15) is 0 Å². The van der Waals surface area contributed by atoms with Crippen LogP contribution in [0.4, 0.5) is 0 Å². The molecule has 0 aliphatic heterocycles. The van der Waals surface area contributed by atoms with Crippen molar-refractivity contribution in [3.63, 3.8) is 0 Å². The minimum atomic E-state index is 0.370. The summed E-state index contributed by atoms with van der Waals surface area (Å²) in [6.45, 7) is 15.6. The van der Waals surface area contributed by atoms with Crippen molar-refractivity contribution in [3.8, 4) is 0 Å². The molecule has 2 nitrogen and oxygen atoms in total. The Bertz CT molecular complexity index is 176. The summed E-state index contributed by atoms with van der Waals surface area (Å²) < 4.78 is 5.25. The second kappa shape index (κ2) is 7.29. The van der Waals surface area contributed by atoms with Crippen LogP contribution in [0.3, 0.4) is 0 Å². The summed E-state index contributed by atoms with van der Waals surface area (Å²) in [5, 5.41) is 3.64. The Morgan fingerprint density at radius 3 is 2.06 bits per heavy atom. The molecule has 0 aromatic rings. The third kappa shape index (κ3) is 7.24. The molecule has 0 fully saturated rings. The van der Waals surface area contributed by atoms with E-state index >= 15 is 0 Å². The van der Waals surface area contributed by atoms with Crippen LogP contribution >= 0.6 is 0 Å². The molecule has 0 saturated carbocycles. The molecule has 0 aliphatic rings. The first-order valence-corrected chi connectivity index (χ1v) is 6.51. The average Bonchev–Trinajstić information content (AvgIpc) is 2.09.